The molecule has 0 aromatic rings. The molecule has 0 aliphatic rings. The zero-order valence-electron chi connectivity index (χ0n) is 37.4. The second-order valence-electron chi connectivity index (χ2n) is 16.9. The smallest absolute Gasteiger partial charge is 0.407 e. The Morgan fingerprint density at radius 3 is 1.47 bits per heavy atom. The first-order chi connectivity index (χ1) is 26.5. The van der Waals surface area contributed by atoms with E-state index >= 15 is 0 Å². The molecule has 55 heavy (non-hydrogen) atoms. The fourth-order valence-electron chi connectivity index (χ4n) is 6.31. The number of esters is 1. The number of ether oxygens (including phenoxy) is 6. The van der Waals surface area contributed by atoms with Crippen LogP contribution in [-0.2, 0) is 33.2 Å². The predicted octanol–water partition coefficient (Wildman–Crippen LogP) is 12.5. The standard InChI is InChI=1S/C46H91NO8/c1-8-10-12-14-16-18-20-22-24-26-28-30-36-51-40-42(52-37-31-29-27-25-23-21-19-17-15-13-11-9-2)41-54-44(49)47-35-32-43(48)53-38-33-46(5,6)55-39-34-45(3,4)50-7/h42H,8-41H2,1-7H3,(H,47,49)/t42-/m1/s1. The first kappa shape index (κ1) is 53.6. The van der Waals surface area contributed by atoms with Gasteiger partial charge in [-0.2, -0.15) is 0 Å². The molecule has 328 valence electrons. The van der Waals surface area contributed by atoms with Crippen molar-refractivity contribution in [3.8, 4) is 0 Å². The van der Waals surface area contributed by atoms with Crippen molar-refractivity contribution in [2.45, 2.75) is 232 Å². The number of amides is 1. The van der Waals surface area contributed by atoms with Crippen LogP contribution in [0.25, 0.3) is 0 Å². The van der Waals surface area contributed by atoms with Crippen LogP contribution in [0.4, 0.5) is 4.79 Å². The SMILES string of the molecule is CCCCCCCCCCCCCCOC[C@H](COC(=O)NCCC(=O)OCCC(C)(C)OCCC(C)(C)OC)OCCCCCCCCCCCCCC. The molecule has 0 aliphatic carbocycles. The molecule has 1 N–H and O–H groups in total. The minimum Gasteiger partial charge on any atom is -0.466 e. The van der Waals surface area contributed by atoms with Crippen LogP contribution in [0.5, 0.6) is 0 Å². The van der Waals surface area contributed by atoms with Gasteiger partial charge in [-0.1, -0.05) is 155 Å². The summed E-state index contributed by atoms with van der Waals surface area (Å²) >= 11 is 0. The summed E-state index contributed by atoms with van der Waals surface area (Å²) in [5, 5.41) is 2.67. The van der Waals surface area contributed by atoms with Gasteiger partial charge in [-0.25, -0.2) is 4.79 Å². The number of nitrogens with one attached hydrogen (secondary N) is 1. The molecule has 9 nitrogen and oxygen atoms in total. The highest BCUT2D eigenvalue weighted by molar-refractivity contribution is 5.71. The Morgan fingerprint density at radius 1 is 0.527 bits per heavy atom. The highest BCUT2D eigenvalue weighted by Gasteiger charge is 2.22. The molecule has 0 aromatic heterocycles. The molecule has 9 heteroatoms. The predicted molar refractivity (Wildman–Crippen MR) is 228 cm³/mol. The third kappa shape index (κ3) is 39.2. The Morgan fingerprint density at radius 2 is 0.982 bits per heavy atom. The Bertz CT molecular complexity index is 852. The van der Waals surface area contributed by atoms with Gasteiger partial charge in [-0.3, -0.25) is 4.79 Å². The summed E-state index contributed by atoms with van der Waals surface area (Å²) in [6, 6.07) is 0. The van der Waals surface area contributed by atoms with E-state index in [1.54, 1.807) is 7.11 Å². The van der Waals surface area contributed by atoms with E-state index < -0.39 is 11.7 Å². The molecule has 0 heterocycles. The van der Waals surface area contributed by atoms with Crippen LogP contribution in [0, 0.1) is 0 Å². The molecular formula is C46H91NO8. The van der Waals surface area contributed by atoms with Gasteiger partial charge in [0.25, 0.3) is 0 Å². The van der Waals surface area contributed by atoms with Crippen LogP contribution in [0.3, 0.4) is 0 Å². The molecule has 0 fully saturated rings. The molecule has 0 unspecified atom stereocenters. The summed E-state index contributed by atoms with van der Waals surface area (Å²) in [6.45, 7) is 15.4. The van der Waals surface area contributed by atoms with E-state index in [-0.39, 0.29) is 43.9 Å². The highest BCUT2D eigenvalue weighted by Crippen LogP contribution is 2.19. The van der Waals surface area contributed by atoms with Gasteiger partial charge < -0.3 is 33.7 Å². The fraction of sp³-hybridized carbons (Fsp3) is 0.957. The van der Waals surface area contributed by atoms with Gasteiger partial charge in [-0.05, 0) is 47.0 Å². The number of unbranched alkanes of at least 4 members (excludes halogenated alkanes) is 22. The monoisotopic (exact) mass is 786 g/mol. The average Bonchev–Trinajstić information content (AvgIpc) is 3.15. The summed E-state index contributed by atoms with van der Waals surface area (Å²) in [7, 11) is 1.70. The topological polar surface area (TPSA) is 102 Å². The van der Waals surface area contributed by atoms with Crippen LogP contribution in [-0.4, -0.2) is 82.7 Å². The molecule has 0 bridgehead atoms. The van der Waals surface area contributed by atoms with E-state index in [1.165, 1.54) is 135 Å². The summed E-state index contributed by atoms with van der Waals surface area (Å²) in [5.74, 6) is -0.369. The van der Waals surface area contributed by atoms with Gasteiger partial charge in [0.05, 0.1) is 37.4 Å². The Hall–Kier alpha value is -1.42. The van der Waals surface area contributed by atoms with Crippen molar-refractivity contribution in [2.24, 2.45) is 0 Å². The summed E-state index contributed by atoms with van der Waals surface area (Å²) in [4.78, 5) is 24.7. The van der Waals surface area contributed by atoms with Crippen molar-refractivity contribution in [3.63, 3.8) is 0 Å². The normalized spacial score (nSPS) is 12.6. The number of hydrogen-bond donors (Lipinski definition) is 1. The molecule has 0 spiro atoms. The van der Waals surface area contributed by atoms with Gasteiger partial charge in [0, 0.05) is 33.3 Å². The number of methoxy groups -OCH3 is 1. The van der Waals surface area contributed by atoms with Crippen molar-refractivity contribution in [1.82, 2.24) is 5.32 Å². The number of carbonyl (C=O) groups excluding carboxylic acids is 2. The van der Waals surface area contributed by atoms with Gasteiger partial charge in [0.1, 0.15) is 12.7 Å². The second-order valence-corrected chi connectivity index (χ2v) is 16.9. The zero-order chi connectivity index (χ0) is 40.7. The summed E-state index contributed by atoms with van der Waals surface area (Å²) in [5.41, 5.74) is -0.662. The highest BCUT2D eigenvalue weighted by atomic mass is 16.6. The zero-order valence-corrected chi connectivity index (χ0v) is 37.4. The minimum atomic E-state index is -0.568. The van der Waals surface area contributed by atoms with E-state index in [1.807, 2.05) is 27.7 Å². The van der Waals surface area contributed by atoms with Crippen molar-refractivity contribution in [1.29, 1.82) is 0 Å². The van der Waals surface area contributed by atoms with Crippen LogP contribution < -0.4 is 5.32 Å². The number of hydrogen-bond acceptors (Lipinski definition) is 8. The molecule has 1 atom stereocenters. The number of rotatable bonds is 42. The maximum atomic E-state index is 12.5. The van der Waals surface area contributed by atoms with Crippen LogP contribution in [0.1, 0.15) is 215 Å². The third-order valence-corrected chi connectivity index (χ3v) is 10.5. The van der Waals surface area contributed by atoms with E-state index in [0.29, 0.717) is 32.8 Å². The first-order valence-corrected chi connectivity index (χ1v) is 23.0. The van der Waals surface area contributed by atoms with E-state index in [2.05, 4.69) is 19.2 Å². The largest absolute Gasteiger partial charge is 0.466 e. The van der Waals surface area contributed by atoms with Crippen LogP contribution in [0.15, 0.2) is 0 Å². The maximum Gasteiger partial charge on any atom is 0.407 e. The summed E-state index contributed by atoms with van der Waals surface area (Å²) < 4.78 is 34.4. The molecule has 0 rings (SSSR count). The molecule has 0 saturated heterocycles. The third-order valence-electron chi connectivity index (χ3n) is 10.5. The molecule has 0 aliphatic heterocycles. The minimum absolute atomic E-state index is 0.0689. The van der Waals surface area contributed by atoms with Crippen LogP contribution in [0.2, 0.25) is 0 Å². The lowest BCUT2D eigenvalue weighted by Gasteiger charge is -2.28. The lowest BCUT2D eigenvalue weighted by atomic mass is 10.0. The second kappa shape index (κ2) is 38.1. The van der Waals surface area contributed by atoms with Crippen molar-refractivity contribution in [3.05, 3.63) is 0 Å². The Labute approximate surface area is 340 Å². The Balaban J connectivity index is 4.32. The van der Waals surface area contributed by atoms with Gasteiger partial charge in [0.2, 0.25) is 0 Å². The van der Waals surface area contributed by atoms with Gasteiger partial charge >= 0.3 is 12.1 Å². The number of carbonyl (C=O) groups is 2. The fourth-order valence-corrected chi connectivity index (χ4v) is 6.31. The first-order valence-electron chi connectivity index (χ1n) is 23.0. The molecular weight excluding hydrogens is 695 g/mol. The van der Waals surface area contributed by atoms with Gasteiger partial charge in [0.15, 0.2) is 0 Å². The van der Waals surface area contributed by atoms with E-state index in [0.717, 1.165) is 25.7 Å². The quantitative estimate of drug-likeness (QED) is 0.0482. The lowest BCUT2D eigenvalue weighted by Crippen LogP contribution is -2.33. The van der Waals surface area contributed by atoms with Crippen molar-refractivity contribution in [2.75, 3.05) is 53.3 Å². The maximum absolute atomic E-state index is 12.5. The van der Waals surface area contributed by atoms with E-state index in [4.69, 9.17) is 28.4 Å². The molecule has 0 radical (unpaired) electrons. The van der Waals surface area contributed by atoms with Gasteiger partial charge in [-0.15, -0.1) is 0 Å². The molecule has 0 saturated carbocycles. The van der Waals surface area contributed by atoms with Crippen molar-refractivity contribution >= 4 is 12.1 Å². The lowest BCUT2D eigenvalue weighted by molar-refractivity contribution is -0.145. The van der Waals surface area contributed by atoms with Crippen LogP contribution >= 0.6 is 0 Å². The average molecular weight is 786 g/mol. The summed E-state index contributed by atoms with van der Waals surface area (Å²) in [6.07, 6.45) is 31.8. The number of alkyl carbamates (subject to hydrolysis) is 1. The van der Waals surface area contributed by atoms with E-state index in [9.17, 15) is 9.59 Å². The molecule has 1 amide bonds. The molecule has 0 aromatic carbocycles. The van der Waals surface area contributed by atoms with Crippen molar-refractivity contribution < 1.29 is 38.0 Å². The Kier molecular flexibility index (Phi) is 37.1.